The molecule has 6 nitrogen and oxygen atoms in total. The van der Waals surface area contributed by atoms with Gasteiger partial charge in [-0.25, -0.2) is 13.6 Å². The quantitative estimate of drug-likeness (QED) is 0.545. The van der Waals surface area contributed by atoms with Gasteiger partial charge >= 0.3 is 6.03 Å². The van der Waals surface area contributed by atoms with E-state index in [-0.39, 0.29) is 24.7 Å². The van der Waals surface area contributed by atoms with Crippen LogP contribution in [0.1, 0.15) is 5.56 Å². The second-order valence-electron chi connectivity index (χ2n) is 6.27. The van der Waals surface area contributed by atoms with Crippen molar-refractivity contribution in [2.24, 2.45) is 0 Å². The number of rotatable bonds is 7. The minimum Gasteiger partial charge on any atom is -0.455 e. The Morgan fingerprint density at radius 3 is 2.37 bits per heavy atom. The molecule has 0 bridgehead atoms. The Bertz CT molecular complexity index is 1030. The first kappa shape index (κ1) is 20.8. The van der Waals surface area contributed by atoms with Crippen molar-refractivity contribution in [1.82, 2.24) is 10.6 Å². The lowest BCUT2D eigenvalue weighted by Gasteiger charge is -2.13. The maximum Gasteiger partial charge on any atom is 0.315 e. The molecule has 0 aliphatic heterocycles. The fourth-order valence-corrected chi connectivity index (χ4v) is 2.52. The summed E-state index contributed by atoms with van der Waals surface area (Å²) < 4.78 is 31.8. The van der Waals surface area contributed by atoms with Crippen molar-refractivity contribution in [2.45, 2.75) is 6.54 Å². The van der Waals surface area contributed by atoms with Crippen LogP contribution in [0.5, 0.6) is 11.5 Å². The maximum atomic E-state index is 13.3. The predicted octanol–water partition coefficient (Wildman–Crippen LogP) is 4.20. The summed E-state index contributed by atoms with van der Waals surface area (Å²) in [6.07, 6.45) is 0. The molecule has 0 aliphatic carbocycles. The highest BCUT2D eigenvalue weighted by Crippen LogP contribution is 2.29. The number of carbonyl (C=O) groups is 2. The van der Waals surface area contributed by atoms with Crippen molar-refractivity contribution in [2.75, 3.05) is 11.9 Å². The van der Waals surface area contributed by atoms with Crippen molar-refractivity contribution in [1.29, 1.82) is 0 Å². The number of carbonyl (C=O) groups excluding carboxylic acids is 2. The molecule has 0 saturated carbocycles. The molecule has 3 N–H and O–H groups in total. The zero-order valence-electron chi connectivity index (χ0n) is 15.8. The lowest BCUT2D eigenvalue weighted by Crippen LogP contribution is -2.39. The van der Waals surface area contributed by atoms with E-state index in [0.717, 1.165) is 5.56 Å². The number of para-hydroxylation sites is 2. The Morgan fingerprint density at radius 2 is 1.60 bits per heavy atom. The number of hydrogen-bond acceptors (Lipinski definition) is 3. The lowest BCUT2D eigenvalue weighted by molar-refractivity contribution is -0.115. The second-order valence-corrected chi connectivity index (χ2v) is 6.27. The van der Waals surface area contributed by atoms with Gasteiger partial charge in [0.25, 0.3) is 0 Å². The van der Waals surface area contributed by atoms with E-state index in [1.165, 1.54) is 30.3 Å². The molecule has 0 unspecified atom stereocenters. The van der Waals surface area contributed by atoms with Crippen LogP contribution in [0.15, 0.2) is 72.8 Å². The van der Waals surface area contributed by atoms with E-state index in [9.17, 15) is 18.4 Å². The average Bonchev–Trinajstić information content (AvgIpc) is 2.73. The van der Waals surface area contributed by atoms with E-state index in [1.54, 1.807) is 42.5 Å². The summed E-state index contributed by atoms with van der Waals surface area (Å²) in [6, 6.07) is 17.5. The Balaban J connectivity index is 1.50. The van der Waals surface area contributed by atoms with Crippen LogP contribution < -0.4 is 20.7 Å². The third kappa shape index (κ3) is 6.30. The first-order valence-corrected chi connectivity index (χ1v) is 9.08. The molecule has 3 amide bonds. The topological polar surface area (TPSA) is 79.5 Å². The van der Waals surface area contributed by atoms with Gasteiger partial charge in [-0.2, -0.15) is 0 Å². The van der Waals surface area contributed by atoms with Crippen LogP contribution in [0.3, 0.4) is 0 Å². The van der Waals surface area contributed by atoms with Crippen LogP contribution in [-0.2, 0) is 11.3 Å². The van der Waals surface area contributed by atoms with E-state index >= 15 is 0 Å². The van der Waals surface area contributed by atoms with E-state index in [1.807, 2.05) is 0 Å². The highest BCUT2D eigenvalue weighted by atomic mass is 19.1. The van der Waals surface area contributed by atoms with Crippen molar-refractivity contribution < 1.29 is 23.1 Å². The molecule has 0 spiro atoms. The Kier molecular flexibility index (Phi) is 6.94. The molecule has 8 heteroatoms. The van der Waals surface area contributed by atoms with Gasteiger partial charge in [0.15, 0.2) is 5.75 Å². The summed E-state index contributed by atoms with van der Waals surface area (Å²) in [5, 5.41) is 7.65. The number of amides is 3. The fraction of sp³-hybridized carbons (Fsp3) is 0.0909. The van der Waals surface area contributed by atoms with Gasteiger partial charge in [0.1, 0.15) is 17.4 Å². The molecule has 0 radical (unpaired) electrons. The third-order valence-electron chi connectivity index (χ3n) is 3.96. The maximum absolute atomic E-state index is 13.3. The highest BCUT2D eigenvalue weighted by molar-refractivity contribution is 5.95. The normalized spacial score (nSPS) is 10.2. The average molecular weight is 411 g/mol. The van der Waals surface area contributed by atoms with Crippen LogP contribution in [0.2, 0.25) is 0 Å². The molecule has 0 atom stereocenters. The molecule has 0 heterocycles. The Labute approximate surface area is 171 Å². The molecular formula is C22H19F2N3O3. The summed E-state index contributed by atoms with van der Waals surface area (Å²) >= 11 is 0. The van der Waals surface area contributed by atoms with Crippen LogP contribution >= 0.6 is 0 Å². The lowest BCUT2D eigenvalue weighted by atomic mass is 10.2. The van der Waals surface area contributed by atoms with Gasteiger partial charge in [-0.05, 0) is 42.0 Å². The van der Waals surface area contributed by atoms with Crippen LogP contribution in [0.4, 0.5) is 19.3 Å². The Morgan fingerprint density at radius 1 is 0.833 bits per heavy atom. The van der Waals surface area contributed by atoms with E-state index in [0.29, 0.717) is 11.4 Å². The minimum absolute atomic E-state index is 0.193. The van der Waals surface area contributed by atoms with Crippen molar-refractivity contribution in [3.8, 4) is 11.5 Å². The number of benzene rings is 3. The summed E-state index contributed by atoms with van der Waals surface area (Å²) in [5.74, 6) is -0.652. The number of hydrogen-bond donors (Lipinski definition) is 3. The first-order valence-electron chi connectivity index (χ1n) is 9.08. The number of anilines is 1. The smallest absolute Gasteiger partial charge is 0.315 e. The fourth-order valence-electron chi connectivity index (χ4n) is 2.52. The van der Waals surface area contributed by atoms with Gasteiger partial charge in [-0.15, -0.1) is 0 Å². The zero-order valence-corrected chi connectivity index (χ0v) is 15.8. The van der Waals surface area contributed by atoms with Gasteiger partial charge in [0.2, 0.25) is 5.91 Å². The molecule has 0 aromatic heterocycles. The van der Waals surface area contributed by atoms with Crippen molar-refractivity contribution in [3.05, 3.63) is 90.0 Å². The molecule has 3 aromatic carbocycles. The molecule has 0 aliphatic rings. The van der Waals surface area contributed by atoms with E-state index < -0.39 is 17.8 Å². The number of urea groups is 1. The molecule has 30 heavy (non-hydrogen) atoms. The summed E-state index contributed by atoms with van der Waals surface area (Å²) in [6.45, 7) is -0.0818. The molecule has 0 saturated heterocycles. The van der Waals surface area contributed by atoms with Gasteiger partial charge < -0.3 is 20.7 Å². The van der Waals surface area contributed by atoms with Crippen LogP contribution in [-0.4, -0.2) is 18.5 Å². The molecule has 3 rings (SSSR count). The van der Waals surface area contributed by atoms with Crippen LogP contribution in [0, 0.1) is 11.6 Å². The van der Waals surface area contributed by atoms with Gasteiger partial charge in [0.05, 0.1) is 12.2 Å². The van der Waals surface area contributed by atoms with Crippen LogP contribution in [0.25, 0.3) is 0 Å². The third-order valence-corrected chi connectivity index (χ3v) is 3.96. The predicted molar refractivity (Wildman–Crippen MR) is 108 cm³/mol. The molecule has 154 valence electrons. The van der Waals surface area contributed by atoms with E-state index in [4.69, 9.17) is 4.74 Å². The number of ether oxygens (including phenoxy) is 1. The number of nitrogens with one attached hydrogen (secondary N) is 3. The van der Waals surface area contributed by atoms with Gasteiger partial charge in [-0.3, -0.25) is 4.79 Å². The van der Waals surface area contributed by atoms with E-state index in [2.05, 4.69) is 16.0 Å². The molecule has 0 fully saturated rings. The number of halogens is 2. The Hall–Kier alpha value is -3.94. The molecule has 3 aromatic rings. The summed E-state index contributed by atoms with van der Waals surface area (Å²) in [7, 11) is 0. The van der Waals surface area contributed by atoms with Crippen molar-refractivity contribution in [3.63, 3.8) is 0 Å². The zero-order chi connectivity index (χ0) is 21.3. The summed E-state index contributed by atoms with van der Waals surface area (Å²) in [4.78, 5) is 24.0. The molecular weight excluding hydrogens is 392 g/mol. The second kappa shape index (κ2) is 10.0. The minimum atomic E-state index is -0.543. The van der Waals surface area contributed by atoms with Gasteiger partial charge in [0, 0.05) is 12.6 Å². The monoisotopic (exact) mass is 411 g/mol. The first-order chi connectivity index (χ1) is 14.5. The summed E-state index contributed by atoms with van der Waals surface area (Å²) in [5.41, 5.74) is 1.10. The largest absolute Gasteiger partial charge is 0.455 e. The standard InChI is InChI=1S/C22H19F2N3O3/c23-16-10-8-15(9-11-16)13-25-22(29)26-14-21(28)27-19-6-1-2-7-20(19)30-18-5-3-4-17(24)12-18/h1-12H,13-14H2,(H,27,28)(H2,25,26,29). The van der Waals surface area contributed by atoms with Crippen molar-refractivity contribution >= 4 is 17.6 Å². The SMILES string of the molecule is O=C(CNC(=O)NCc1ccc(F)cc1)Nc1ccccc1Oc1cccc(F)c1. The highest BCUT2D eigenvalue weighted by Gasteiger charge is 2.10. The van der Waals surface area contributed by atoms with Gasteiger partial charge in [-0.1, -0.05) is 30.3 Å².